The molecular weight excluding hydrogens is 264 g/mol. The minimum absolute atomic E-state index is 0.0355. The zero-order valence-corrected chi connectivity index (χ0v) is 11.0. The second-order valence-electron chi connectivity index (χ2n) is 4.11. The Morgan fingerprint density at radius 2 is 2.25 bits per heavy atom. The molecule has 2 heterocycles. The predicted octanol–water partition coefficient (Wildman–Crippen LogP) is 0.0403. The molecule has 3 N–H and O–H groups in total. The third kappa shape index (κ3) is 2.49. The largest absolute Gasteiger partial charge is 0.354 e. The molecule has 0 bridgehead atoms. The number of hydrazine groups is 1. The summed E-state index contributed by atoms with van der Waals surface area (Å²) in [5, 5.41) is 11.2. The third-order valence-corrected chi connectivity index (χ3v) is 2.78. The highest BCUT2D eigenvalue weighted by Crippen LogP contribution is 2.30. The Morgan fingerprint density at radius 1 is 1.50 bits per heavy atom. The average Bonchev–Trinajstić information content (AvgIpc) is 2.83. The van der Waals surface area contributed by atoms with Gasteiger partial charge in [0.05, 0.1) is 11.5 Å². The number of nitrogen functional groups attached to an aromatic ring is 1. The fourth-order valence-electron chi connectivity index (χ4n) is 1.76. The van der Waals surface area contributed by atoms with Crippen molar-refractivity contribution in [2.24, 2.45) is 12.9 Å². The molecule has 0 aliphatic carbocycles. The number of hydrogen-bond acceptors (Lipinski definition) is 8. The molecule has 0 unspecified atom stereocenters. The van der Waals surface area contributed by atoms with Crippen LogP contribution in [0.2, 0.25) is 0 Å². The van der Waals surface area contributed by atoms with Crippen molar-refractivity contribution >= 4 is 17.3 Å². The summed E-state index contributed by atoms with van der Waals surface area (Å²) in [5.74, 6) is 6.12. The number of nitro groups is 1. The van der Waals surface area contributed by atoms with E-state index in [2.05, 4.69) is 20.4 Å². The van der Waals surface area contributed by atoms with Crippen molar-refractivity contribution in [1.29, 1.82) is 0 Å². The van der Waals surface area contributed by atoms with Gasteiger partial charge in [-0.1, -0.05) is 0 Å². The minimum Gasteiger partial charge on any atom is -0.346 e. The molecule has 2 aromatic rings. The Bertz CT molecular complexity index is 625. The van der Waals surface area contributed by atoms with E-state index in [1.807, 2.05) is 11.6 Å². The summed E-state index contributed by atoms with van der Waals surface area (Å²) in [4.78, 5) is 24.1. The Kier molecular flexibility index (Phi) is 3.75. The van der Waals surface area contributed by atoms with Crippen molar-refractivity contribution in [3.8, 4) is 0 Å². The van der Waals surface area contributed by atoms with Crippen molar-refractivity contribution < 1.29 is 4.92 Å². The standard InChI is InChI=1S/C10H14N8O2/c1-16-4-3-12-7(16)5-17(2)10-8(18(19)20)9(15-11)13-6-14-10/h3-4,6H,5,11H2,1-2H3,(H,13,14,15). The summed E-state index contributed by atoms with van der Waals surface area (Å²) in [6, 6.07) is 0. The summed E-state index contributed by atoms with van der Waals surface area (Å²) >= 11 is 0. The zero-order valence-electron chi connectivity index (χ0n) is 11.0. The fourth-order valence-corrected chi connectivity index (χ4v) is 1.76. The van der Waals surface area contributed by atoms with Gasteiger partial charge in [0.25, 0.3) is 0 Å². The molecule has 10 nitrogen and oxygen atoms in total. The van der Waals surface area contributed by atoms with Gasteiger partial charge in [0.15, 0.2) is 0 Å². The number of anilines is 2. The van der Waals surface area contributed by atoms with Crippen molar-refractivity contribution in [2.75, 3.05) is 17.4 Å². The molecule has 0 fully saturated rings. The molecule has 0 aliphatic heterocycles. The Hall–Kier alpha value is -2.75. The van der Waals surface area contributed by atoms with Gasteiger partial charge in [-0.15, -0.1) is 0 Å². The van der Waals surface area contributed by atoms with Crippen LogP contribution in [0, 0.1) is 10.1 Å². The van der Waals surface area contributed by atoms with E-state index in [4.69, 9.17) is 5.84 Å². The Labute approximate surface area is 114 Å². The molecule has 0 atom stereocenters. The van der Waals surface area contributed by atoms with Crippen LogP contribution in [0.25, 0.3) is 0 Å². The maximum absolute atomic E-state index is 11.2. The molecule has 20 heavy (non-hydrogen) atoms. The molecule has 0 spiro atoms. The molecule has 0 aliphatic rings. The average molecular weight is 278 g/mol. The van der Waals surface area contributed by atoms with E-state index in [-0.39, 0.29) is 17.3 Å². The van der Waals surface area contributed by atoms with E-state index < -0.39 is 4.92 Å². The van der Waals surface area contributed by atoms with Gasteiger partial charge in [-0.3, -0.25) is 10.1 Å². The van der Waals surface area contributed by atoms with Gasteiger partial charge in [-0.25, -0.2) is 20.8 Å². The highest BCUT2D eigenvalue weighted by atomic mass is 16.6. The van der Waals surface area contributed by atoms with Crippen LogP contribution in [0.1, 0.15) is 5.82 Å². The molecule has 106 valence electrons. The van der Waals surface area contributed by atoms with E-state index in [1.165, 1.54) is 6.33 Å². The smallest absolute Gasteiger partial charge is 0.346 e. The van der Waals surface area contributed by atoms with Crippen LogP contribution in [0.5, 0.6) is 0 Å². The number of aromatic nitrogens is 4. The summed E-state index contributed by atoms with van der Waals surface area (Å²) in [7, 11) is 3.53. The number of nitrogens with one attached hydrogen (secondary N) is 1. The lowest BCUT2D eigenvalue weighted by molar-refractivity contribution is -0.383. The molecule has 0 saturated heterocycles. The molecule has 0 aromatic carbocycles. The van der Waals surface area contributed by atoms with Crippen LogP contribution in [-0.4, -0.2) is 31.5 Å². The van der Waals surface area contributed by atoms with Gasteiger partial charge in [0, 0.05) is 26.5 Å². The monoisotopic (exact) mass is 278 g/mol. The predicted molar refractivity (Wildman–Crippen MR) is 71.8 cm³/mol. The lowest BCUT2D eigenvalue weighted by atomic mass is 10.4. The van der Waals surface area contributed by atoms with Crippen LogP contribution < -0.4 is 16.2 Å². The third-order valence-electron chi connectivity index (χ3n) is 2.78. The summed E-state index contributed by atoms with van der Waals surface area (Å²) in [5.41, 5.74) is 1.93. The highest BCUT2D eigenvalue weighted by molar-refractivity contribution is 5.69. The van der Waals surface area contributed by atoms with Crippen LogP contribution in [0.15, 0.2) is 18.7 Å². The number of rotatable bonds is 5. The first-order chi connectivity index (χ1) is 9.54. The van der Waals surface area contributed by atoms with Crippen molar-refractivity contribution in [3.63, 3.8) is 0 Å². The Morgan fingerprint density at radius 3 is 2.80 bits per heavy atom. The minimum atomic E-state index is -0.570. The van der Waals surface area contributed by atoms with Crippen LogP contribution in [-0.2, 0) is 13.6 Å². The summed E-state index contributed by atoms with van der Waals surface area (Å²) < 4.78 is 1.83. The summed E-state index contributed by atoms with van der Waals surface area (Å²) in [6.07, 6.45) is 4.67. The topological polar surface area (TPSA) is 128 Å². The normalized spacial score (nSPS) is 10.3. The van der Waals surface area contributed by atoms with Gasteiger partial charge in [0.2, 0.25) is 11.6 Å². The number of imidazole rings is 1. The summed E-state index contributed by atoms with van der Waals surface area (Å²) in [6.45, 7) is 0.366. The molecule has 0 amide bonds. The number of nitrogens with zero attached hydrogens (tertiary/aromatic N) is 6. The maximum Gasteiger partial charge on any atom is 0.354 e. The molecule has 2 aromatic heterocycles. The SMILES string of the molecule is CN(Cc1nccn1C)c1ncnc(NN)c1[N+](=O)[O-]. The van der Waals surface area contributed by atoms with Gasteiger partial charge >= 0.3 is 5.69 Å². The van der Waals surface area contributed by atoms with Gasteiger partial charge in [-0.05, 0) is 0 Å². The van der Waals surface area contributed by atoms with E-state index in [1.54, 1.807) is 24.3 Å². The lowest BCUT2D eigenvalue weighted by Gasteiger charge is -2.18. The number of hydrogen-bond donors (Lipinski definition) is 2. The Balaban J connectivity index is 2.37. The van der Waals surface area contributed by atoms with Crippen molar-refractivity contribution in [3.05, 3.63) is 34.7 Å². The first kappa shape index (κ1) is 13.7. The van der Waals surface area contributed by atoms with Crippen LogP contribution >= 0.6 is 0 Å². The van der Waals surface area contributed by atoms with E-state index in [9.17, 15) is 10.1 Å². The van der Waals surface area contributed by atoms with Crippen molar-refractivity contribution in [1.82, 2.24) is 19.5 Å². The maximum atomic E-state index is 11.2. The first-order valence-electron chi connectivity index (χ1n) is 5.68. The van der Waals surface area contributed by atoms with Crippen LogP contribution in [0.4, 0.5) is 17.3 Å². The van der Waals surface area contributed by atoms with Gasteiger partial charge < -0.3 is 14.9 Å². The second kappa shape index (κ2) is 5.48. The van der Waals surface area contributed by atoms with Gasteiger partial charge in [-0.2, -0.15) is 0 Å². The van der Waals surface area contributed by atoms with E-state index >= 15 is 0 Å². The molecule has 0 saturated carbocycles. The lowest BCUT2D eigenvalue weighted by Crippen LogP contribution is -2.22. The first-order valence-corrected chi connectivity index (χ1v) is 5.68. The highest BCUT2D eigenvalue weighted by Gasteiger charge is 2.25. The number of nitrogens with two attached hydrogens (primary N) is 1. The van der Waals surface area contributed by atoms with Crippen LogP contribution in [0.3, 0.4) is 0 Å². The van der Waals surface area contributed by atoms with Gasteiger partial charge in [0.1, 0.15) is 12.2 Å². The molecule has 2 rings (SSSR count). The number of aryl methyl sites for hydroxylation is 1. The fraction of sp³-hybridized carbons (Fsp3) is 0.300. The molecule has 0 radical (unpaired) electrons. The van der Waals surface area contributed by atoms with Crippen molar-refractivity contribution in [2.45, 2.75) is 6.54 Å². The molecular formula is C10H14N8O2. The van der Waals surface area contributed by atoms with E-state index in [0.717, 1.165) is 5.82 Å². The zero-order chi connectivity index (χ0) is 14.7. The second-order valence-corrected chi connectivity index (χ2v) is 4.11. The quantitative estimate of drug-likeness (QED) is 0.445. The molecule has 10 heteroatoms. The van der Waals surface area contributed by atoms with E-state index in [0.29, 0.717) is 6.54 Å².